The molecule has 0 bridgehead atoms. The van der Waals surface area contributed by atoms with Gasteiger partial charge < -0.3 is 15.1 Å². The quantitative estimate of drug-likeness (QED) is 0.566. The van der Waals surface area contributed by atoms with E-state index < -0.39 is 5.54 Å². The zero-order valence-electron chi connectivity index (χ0n) is 19.6. The standard InChI is InChI=1S/C27H25N5O3/c1-26-12-22(33)29-19-4-3-5-21(23(19)26)32(14-26)13-18-7-6-15-8-16-10-27(11-17(16)9-20(15)28-18)24(34)30-25(35)31(27)2/h3-9H,10-14H2,1-2H3,(H,29,33)(H,30,34,35). The van der Waals surface area contributed by atoms with E-state index >= 15 is 0 Å². The van der Waals surface area contributed by atoms with Crippen molar-refractivity contribution >= 4 is 40.1 Å². The van der Waals surface area contributed by atoms with Crippen LogP contribution in [0.15, 0.2) is 42.5 Å². The lowest BCUT2D eigenvalue weighted by atomic mass is 9.78. The number of benzene rings is 2. The molecule has 4 aliphatic rings. The molecular weight excluding hydrogens is 442 g/mol. The molecule has 2 aromatic carbocycles. The number of urea groups is 1. The van der Waals surface area contributed by atoms with E-state index in [1.165, 1.54) is 5.56 Å². The normalized spacial score (nSPS) is 26.4. The summed E-state index contributed by atoms with van der Waals surface area (Å²) in [5, 5.41) is 6.51. The van der Waals surface area contributed by atoms with Crippen LogP contribution in [0.3, 0.4) is 0 Å². The van der Waals surface area contributed by atoms with Crippen LogP contribution < -0.4 is 15.5 Å². The van der Waals surface area contributed by atoms with Crippen molar-refractivity contribution in [2.45, 2.75) is 43.7 Å². The van der Waals surface area contributed by atoms with E-state index in [4.69, 9.17) is 4.98 Å². The number of rotatable bonds is 2. The molecule has 7 rings (SSSR count). The molecule has 2 atom stereocenters. The summed E-state index contributed by atoms with van der Waals surface area (Å²) in [5.74, 6) is -0.155. The number of pyridine rings is 1. The summed E-state index contributed by atoms with van der Waals surface area (Å²) in [6.07, 6.45) is 1.50. The van der Waals surface area contributed by atoms with Gasteiger partial charge in [0.15, 0.2) is 0 Å². The van der Waals surface area contributed by atoms with Crippen molar-refractivity contribution in [1.29, 1.82) is 0 Å². The second-order valence-electron chi connectivity index (χ2n) is 10.7. The third kappa shape index (κ3) is 2.73. The van der Waals surface area contributed by atoms with E-state index in [0.717, 1.165) is 45.6 Å². The number of hydrogen-bond acceptors (Lipinski definition) is 5. The van der Waals surface area contributed by atoms with E-state index in [1.807, 2.05) is 12.1 Å². The Hall–Kier alpha value is -3.94. The fourth-order valence-corrected chi connectivity index (χ4v) is 6.61. The van der Waals surface area contributed by atoms with E-state index in [0.29, 0.717) is 25.8 Å². The Kier molecular flexibility index (Phi) is 3.85. The highest BCUT2D eigenvalue weighted by molar-refractivity contribution is 6.08. The number of nitrogens with one attached hydrogen (secondary N) is 2. The molecule has 3 aromatic rings. The van der Waals surface area contributed by atoms with Gasteiger partial charge in [0.1, 0.15) is 5.54 Å². The van der Waals surface area contributed by atoms with Crippen molar-refractivity contribution in [2.75, 3.05) is 23.8 Å². The second-order valence-corrected chi connectivity index (χ2v) is 10.7. The summed E-state index contributed by atoms with van der Waals surface area (Å²) < 4.78 is 0. The first-order valence-electron chi connectivity index (χ1n) is 11.9. The minimum atomic E-state index is -0.835. The molecule has 1 aromatic heterocycles. The largest absolute Gasteiger partial charge is 0.364 e. The van der Waals surface area contributed by atoms with Gasteiger partial charge in [0, 0.05) is 60.6 Å². The molecule has 1 saturated heterocycles. The molecule has 35 heavy (non-hydrogen) atoms. The summed E-state index contributed by atoms with van der Waals surface area (Å²) >= 11 is 0. The molecule has 4 heterocycles. The van der Waals surface area contributed by atoms with Crippen LogP contribution in [0.1, 0.15) is 35.7 Å². The molecule has 0 saturated carbocycles. The Morgan fingerprint density at radius 1 is 1.00 bits per heavy atom. The number of aromatic nitrogens is 1. The Bertz CT molecular complexity index is 1500. The molecule has 1 fully saturated rings. The maximum atomic E-state index is 12.6. The first-order chi connectivity index (χ1) is 16.8. The van der Waals surface area contributed by atoms with E-state index in [2.05, 4.69) is 52.8 Å². The summed E-state index contributed by atoms with van der Waals surface area (Å²) in [6, 6.07) is 14.1. The van der Waals surface area contributed by atoms with Crippen molar-refractivity contribution in [3.63, 3.8) is 0 Å². The number of amides is 4. The second kappa shape index (κ2) is 6.59. The minimum Gasteiger partial charge on any atom is -0.364 e. The lowest BCUT2D eigenvalue weighted by molar-refractivity contribution is -0.125. The third-order valence-corrected chi connectivity index (χ3v) is 8.33. The topological polar surface area (TPSA) is 94.6 Å². The van der Waals surface area contributed by atoms with Crippen molar-refractivity contribution in [3.8, 4) is 0 Å². The molecule has 1 aliphatic carbocycles. The summed E-state index contributed by atoms with van der Waals surface area (Å²) in [5.41, 5.74) is 6.26. The van der Waals surface area contributed by atoms with Gasteiger partial charge in [-0.15, -0.1) is 0 Å². The summed E-state index contributed by atoms with van der Waals surface area (Å²) in [4.78, 5) is 45.9. The van der Waals surface area contributed by atoms with E-state index in [-0.39, 0.29) is 23.3 Å². The molecule has 8 nitrogen and oxygen atoms in total. The van der Waals surface area contributed by atoms with Crippen LogP contribution in [-0.4, -0.2) is 46.9 Å². The lowest BCUT2D eigenvalue weighted by Crippen LogP contribution is -2.48. The van der Waals surface area contributed by atoms with Gasteiger partial charge in [0.25, 0.3) is 5.91 Å². The van der Waals surface area contributed by atoms with Gasteiger partial charge in [0.2, 0.25) is 5.91 Å². The summed E-state index contributed by atoms with van der Waals surface area (Å²) in [6.45, 7) is 3.59. The SMILES string of the molecule is CN1C(=O)NC(=O)C12Cc1cc3ccc(CN4CC5(C)CC(=O)Nc6cccc4c65)nc3cc1C2. The van der Waals surface area contributed by atoms with Crippen LogP contribution in [0, 0.1) is 0 Å². The Morgan fingerprint density at radius 2 is 1.80 bits per heavy atom. The molecule has 1 spiro atoms. The van der Waals surface area contributed by atoms with Gasteiger partial charge in [-0.05, 0) is 41.5 Å². The number of carbonyl (C=O) groups is 3. The third-order valence-electron chi connectivity index (χ3n) is 8.33. The molecule has 0 radical (unpaired) electrons. The fourth-order valence-electron chi connectivity index (χ4n) is 6.61. The van der Waals surface area contributed by atoms with Crippen LogP contribution in [0.2, 0.25) is 0 Å². The fraction of sp³-hybridized carbons (Fsp3) is 0.333. The zero-order valence-corrected chi connectivity index (χ0v) is 19.6. The zero-order chi connectivity index (χ0) is 24.1. The molecular formula is C27H25N5O3. The maximum absolute atomic E-state index is 12.6. The highest BCUT2D eigenvalue weighted by atomic mass is 16.2. The van der Waals surface area contributed by atoms with Gasteiger partial charge in [0.05, 0.1) is 17.8 Å². The van der Waals surface area contributed by atoms with Crippen molar-refractivity contribution in [2.24, 2.45) is 0 Å². The van der Waals surface area contributed by atoms with Crippen molar-refractivity contribution in [1.82, 2.24) is 15.2 Å². The van der Waals surface area contributed by atoms with Crippen LogP contribution in [0.25, 0.3) is 10.9 Å². The van der Waals surface area contributed by atoms with Gasteiger partial charge >= 0.3 is 6.03 Å². The molecule has 2 N–H and O–H groups in total. The number of anilines is 2. The summed E-state index contributed by atoms with van der Waals surface area (Å²) in [7, 11) is 1.69. The molecule has 2 unspecified atom stereocenters. The smallest absolute Gasteiger partial charge is 0.324 e. The van der Waals surface area contributed by atoms with Gasteiger partial charge in [-0.2, -0.15) is 0 Å². The molecule has 4 amide bonds. The highest BCUT2D eigenvalue weighted by Gasteiger charge is 2.54. The van der Waals surface area contributed by atoms with Crippen LogP contribution in [0.5, 0.6) is 0 Å². The Labute approximate surface area is 202 Å². The van der Waals surface area contributed by atoms with E-state index in [9.17, 15) is 14.4 Å². The molecule has 8 heteroatoms. The predicted octanol–water partition coefficient (Wildman–Crippen LogP) is 2.87. The van der Waals surface area contributed by atoms with Crippen molar-refractivity contribution < 1.29 is 14.4 Å². The van der Waals surface area contributed by atoms with Crippen LogP contribution >= 0.6 is 0 Å². The molecule has 176 valence electrons. The average molecular weight is 468 g/mol. The number of likely N-dealkylation sites (N-methyl/N-ethyl adjacent to an activating group) is 1. The van der Waals surface area contributed by atoms with Crippen LogP contribution in [-0.2, 0) is 34.4 Å². The Balaban J connectivity index is 1.21. The van der Waals surface area contributed by atoms with Crippen molar-refractivity contribution in [3.05, 3.63) is 64.8 Å². The first kappa shape index (κ1) is 20.4. The predicted molar refractivity (Wildman–Crippen MR) is 131 cm³/mol. The Morgan fingerprint density at radius 3 is 2.57 bits per heavy atom. The average Bonchev–Trinajstić information content (AvgIpc) is 3.39. The molecule has 3 aliphatic heterocycles. The maximum Gasteiger partial charge on any atom is 0.324 e. The van der Waals surface area contributed by atoms with Gasteiger partial charge in [-0.25, -0.2) is 4.79 Å². The van der Waals surface area contributed by atoms with Crippen LogP contribution in [0.4, 0.5) is 16.2 Å². The lowest BCUT2D eigenvalue weighted by Gasteiger charge is -2.30. The monoisotopic (exact) mass is 467 g/mol. The van der Waals surface area contributed by atoms with Gasteiger partial charge in [-0.1, -0.05) is 19.1 Å². The first-order valence-corrected chi connectivity index (χ1v) is 11.9. The number of fused-ring (bicyclic) bond motifs is 2. The van der Waals surface area contributed by atoms with Gasteiger partial charge in [-0.3, -0.25) is 19.9 Å². The number of carbonyl (C=O) groups excluding carboxylic acids is 3. The van der Waals surface area contributed by atoms with E-state index in [1.54, 1.807) is 11.9 Å². The number of hydrogen-bond donors (Lipinski definition) is 2. The highest BCUT2D eigenvalue weighted by Crippen LogP contribution is 2.49. The number of imide groups is 1. The number of nitrogens with zero attached hydrogens (tertiary/aromatic N) is 3. The minimum absolute atomic E-state index is 0.0674.